The fraction of sp³-hybridized carbons (Fsp3) is 0.647. The Morgan fingerprint density at radius 3 is 2.65 bits per heavy atom. The van der Waals surface area contributed by atoms with Gasteiger partial charge in [-0.3, -0.25) is 14.5 Å². The Balaban J connectivity index is 1.63. The van der Waals surface area contributed by atoms with Gasteiger partial charge in [0.05, 0.1) is 10.9 Å². The van der Waals surface area contributed by atoms with Gasteiger partial charge in [0.2, 0.25) is 5.91 Å². The van der Waals surface area contributed by atoms with Gasteiger partial charge >= 0.3 is 0 Å². The zero-order valence-corrected chi connectivity index (χ0v) is 14.7. The molecule has 0 bridgehead atoms. The van der Waals surface area contributed by atoms with Crippen molar-refractivity contribution in [2.45, 2.75) is 39.2 Å². The van der Waals surface area contributed by atoms with Crippen LogP contribution in [0.2, 0.25) is 0 Å². The largest absolute Gasteiger partial charge is 0.368 e. The number of primary amides is 1. The maximum atomic E-state index is 12.7. The summed E-state index contributed by atoms with van der Waals surface area (Å²) >= 11 is 1.67. The number of nitrogens with zero attached hydrogens (tertiary/aromatic N) is 2. The van der Waals surface area contributed by atoms with E-state index in [9.17, 15) is 9.59 Å². The molecule has 0 spiro atoms. The van der Waals surface area contributed by atoms with Crippen LogP contribution in [0.4, 0.5) is 0 Å². The van der Waals surface area contributed by atoms with Gasteiger partial charge in [0.15, 0.2) is 0 Å². The van der Waals surface area contributed by atoms with Crippen LogP contribution in [-0.2, 0) is 17.6 Å². The van der Waals surface area contributed by atoms with E-state index < -0.39 is 0 Å². The molecule has 2 aliphatic rings. The van der Waals surface area contributed by atoms with Crippen LogP contribution in [0.25, 0.3) is 0 Å². The number of carbonyl (C=O) groups excluding carboxylic acids is 2. The lowest BCUT2D eigenvalue weighted by atomic mass is 9.90. The molecule has 1 aromatic heterocycles. The predicted molar refractivity (Wildman–Crippen MR) is 91.6 cm³/mol. The second-order valence-corrected chi connectivity index (χ2v) is 7.95. The summed E-state index contributed by atoms with van der Waals surface area (Å²) in [4.78, 5) is 30.2. The molecule has 1 saturated heterocycles. The van der Waals surface area contributed by atoms with E-state index >= 15 is 0 Å². The molecule has 5 nitrogen and oxygen atoms in total. The van der Waals surface area contributed by atoms with Gasteiger partial charge in [0.1, 0.15) is 0 Å². The van der Waals surface area contributed by atoms with E-state index in [-0.39, 0.29) is 17.9 Å². The molecular weight excluding hydrogens is 310 g/mol. The zero-order chi connectivity index (χ0) is 16.6. The zero-order valence-electron chi connectivity index (χ0n) is 13.9. The summed E-state index contributed by atoms with van der Waals surface area (Å²) in [5.41, 5.74) is 6.73. The molecular formula is C17H25N3O2S. The quantitative estimate of drug-likeness (QED) is 0.910. The van der Waals surface area contributed by atoms with Crippen molar-refractivity contribution >= 4 is 23.2 Å². The van der Waals surface area contributed by atoms with Crippen LogP contribution in [0.5, 0.6) is 0 Å². The smallest absolute Gasteiger partial charge is 0.264 e. The van der Waals surface area contributed by atoms with Gasteiger partial charge in [0, 0.05) is 31.1 Å². The standard InChI is InChI=1S/C17H25N3O2S/c1-11-3-4-14-13(9-11)10-15(23-14)17(22)20-7-5-19(6-8-20)12(2)16(18)21/h10-12H,3-9H2,1-2H3,(H2,18,21). The lowest BCUT2D eigenvalue weighted by Crippen LogP contribution is -2.54. The van der Waals surface area contributed by atoms with Gasteiger partial charge < -0.3 is 10.6 Å². The van der Waals surface area contributed by atoms with Crippen LogP contribution in [0.3, 0.4) is 0 Å². The Kier molecular flexibility index (Phi) is 4.73. The van der Waals surface area contributed by atoms with E-state index in [4.69, 9.17) is 5.73 Å². The van der Waals surface area contributed by atoms with Crippen LogP contribution in [0, 0.1) is 5.92 Å². The second kappa shape index (κ2) is 6.61. The summed E-state index contributed by atoms with van der Waals surface area (Å²) < 4.78 is 0. The topological polar surface area (TPSA) is 66.6 Å². The first-order valence-corrected chi connectivity index (χ1v) is 9.21. The number of fused-ring (bicyclic) bond motifs is 1. The number of aryl methyl sites for hydroxylation is 1. The number of piperazine rings is 1. The molecule has 1 aliphatic carbocycles. The molecule has 126 valence electrons. The highest BCUT2D eigenvalue weighted by Crippen LogP contribution is 2.32. The molecule has 0 radical (unpaired) electrons. The first kappa shape index (κ1) is 16.5. The Morgan fingerprint density at radius 1 is 1.30 bits per heavy atom. The summed E-state index contributed by atoms with van der Waals surface area (Å²) in [5.74, 6) is 0.562. The number of rotatable bonds is 3. The summed E-state index contributed by atoms with van der Waals surface area (Å²) in [6, 6.07) is 1.85. The number of hydrogen-bond acceptors (Lipinski definition) is 4. The summed E-state index contributed by atoms with van der Waals surface area (Å²) in [7, 11) is 0. The number of carbonyl (C=O) groups is 2. The predicted octanol–water partition coefficient (Wildman–Crippen LogP) is 1.50. The van der Waals surface area contributed by atoms with Crippen molar-refractivity contribution in [3.8, 4) is 0 Å². The SMILES string of the molecule is CC1CCc2sc(C(=O)N3CCN(C(C)C(N)=O)CC3)cc2C1. The number of nitrogens with two attached hydrogens (primary N) is 1. The Morgan fingerprint density at radius 2 is 2.00 bits per heavy atom. The Labute approximate surface area is 141 Å². The van der Waals surface area contributed by atoms with E-state index in [1.54, 1.807) is 11.3 Å². The van der Waals surface area contributed by atoms with Gasteiger partial charge in [-0.05, 0) is 43.7 Å². The average molecular weight is 335 g/mol. The second-order valence-electron chi connectivity index (χ2n) is 6.81. The van der Waals surface area contributed by atoms with Gasteiger partial charge in [-0.1, -0.05) is 6.92 Å². The fourth-order valence-electron chi connectivity index (χ4n) is 3.46. The van der Waals surface area contributed by atoms with Crippen molar-refractivity contribution in [3.05, 3.63) is 21.4 Å². The van der Waals surface area contributed by atoms with Crippen molar-refractivity contribution in [3.63, 3.8) is 0 Å². The van der Waals surface area contributed by atoms with Crippen molar-refractivity contribution < 1.29 is 9.59 Å². The molecule has 1 aromatic rings. The summed E-state index contributed by atoms with van der Waals surface area (Å²) in [6.45, 7) is 6.84. The van der Waals surface area contributed by atoms with Crippen molar-refractivity contribution in [1.29, 1.82) is 0 Å². The molecule has 0 saturated carbocycles. The molecule has 2 N–H and O–H groups in total. The first-order valence-electron chi connectivity index (χ1n) is 8.40. The third-order valence-electron chi connectivity index (χ3n) is 5.10. The van der Waals surface area contributed by atoms with Crippen LogP contribution in [0.1, 0.15) is 40.4 Å². The summed E-state index contributed by atoms with van der Waals surface area (Å²) in [6.07, 6.45) is 3.44. The molecule has 2 amide bonds. The van der Waals surface area contributed by atoms with E-state index in [0.717, 1.165) is 23.6 Å². The van der Waals surface area contributed by atoms with E-state index in [2.05, 4.69) is 13.0 Å². The third kappa shape index (κ3) is 3.43. The van der Waals surface area contributed by atoms with Crippen molar-refractivity contribution in [2.75, 3.05) is 26.2 Å². The molecule has 0 aromatic carbocycles. The summed E-state index contributed by atoms with van der Waals surface area (Å²) in [5, 5.41) is 0. The van der Waals surface area contributed by atoms with Crippen LogP contribution in [-0.4, -0.2) is 53.8 Å². The van der Waals surface area contributed by atoms with Crippen LogP contribution < -0.4 is 5.73 Å². The monoisotopic (exact) mass is 335 g/mol. The number of amides is 2. The lowest BCUT2D eigenvalue weighted by molar-refractivity contribution is -0.123. The maximum absolute atomic E-state index is 12.7. The molecule has 2 unspecified atom stereocenters. The molecule has 2 heterocycles. The first-order chi connectivity index (χ1) is 11.0. The van der Waals surface area contributed by atoms with Crippen LogP contribution >= 0.6 is 11.3 Å². The number of thiophene rings is 1. The molecule has 1 fully saturated rings. The molecule has 6 heteroatoms. The highest BCUT2D eigenvalue weighted by Gasteiger charge is 2.28. The van der Waals surface area contributed by atoms with Gasteiger partial charge in [-0.25, -0.2) is 0 Å². The average Bonchev–Trinajstić information content (AvgIpc) is 2.96. The molecule has 2 atom stereocenters. The Hall–Kier alpha value is -1.40. The maximum Gasteiger partial charge on any atom is 0.264 e. The minimum absolute atomic E-state index is 0.142. The molecule has 23 heavy (non-hydrogen) atoms. The number of hydrogen-bond donors (Lipinski definition) is 1. The van der Waals surface area contributed by atoms with Gasteiger partial charge in [-0.2, -0.15) is 0 Å². The third-order valence-corrected chi connectivity index (χ3v) is 6.33. The van der Waals surface area contributed by atoms with E-state index in [0.29, 0.717) is 26.2 Å². The van der Waals surface area contributed by atoms with E-state index in [1.807, 2.05) is 16.7 Å². The van der Waals surface area contributed by atoms with Crippen molar-refractivity contribution in [1.82, 2.24) is 9.80 Å². The fourth-order valence-corrected chi connectivity index (χ4v) is 4.64. The van der Waals surface area contributed by atoms with Crippen LogP contribution in [0.15, 0.2) is 6.07 Å². The van der Waals surface area contributed by atoms with Gasteiger partial charge in [0.25, 0.3) is 5.91 Å². The molecule has 3 rings (SSSR count). The van der Waals surface area contributed by atoms with Crippen molar-refractivity contribution in [2.24, 2.45) is 11.7 Å². The normalized spacial score (nSPS) is 23.4. The van der Waals surface area contributed by atoms with Gasteiger partial charge in [-0.15, -0.1) is 11.3 Å². The molecule has 1 aliphatic heterocycles. The van der Waals surface area contributed by atoms with E-state index in [1.165, 1.54) is 16.9 Å². The lowest BCUT2D eigenvalue weighted by Gasteiger charge is -2.36. The Bertz CT molecular complexity index is 605. The highest BCUT2D eigenvalue weighted by molar-refractivity contribution is 7.14. The minimum atomic E-state index is -0.301. The minimum Gasteiger partial charge on any atom is -0.368 e. The highest BCUT2D eigenvalue weighted by atomic mass is 32.1.